The molecule has 0 N–H and O–H groups in total. The summed E-state index contributed by atoms with van der Waals surface area (Å²) in [5.41, 5.74) is 3.39. The maximum absolute atomic E-state index is 12.2. The first-order valence-corrected chi connectivity index (χ1v) is 8.39. The van der Waals surface area contributed by atoms with Gasteiger partial charge < -0.3 is 4.74 Å². The lowest BCUT2D eigenvalue weighted by Crippen LogP contribution is -1.97. The monoisotopic (exact) mass is 346 g/mol. The molecule has 1 aliphatic heterocycles. The number of aryl methyl sites for hydroxylation is 1. The molecule has 4 rings (SSSR count). The van der Waals surface area contributed by atoms with E-state index in [0.717, 1.165) is 16.5 Å². The van der Waals surface area contributed by atoms with Crippen molar-refractivity contribution < 1.29 is 9.53 Å². The van der Waals surface area contributed by atoms with Gasteiger partial charge in [-0.15, -0.1) is 0 Å². The van der Waals surface area contributed by atoms with E-state index >= 15 is 0 Å². The minimum absolute atomic E-state index is 0.362. The van der Waals surface area contributed by atoms with Crippen molar-refractivity contribution >= 4 is 40.2 Å². The van der Waals surface area contributed by atoms with Crippen molar-refractivity contribution in [3.05, 3.63) is 94.0 Å². The molecule has 0 spiro atoms. The summed E-state index contributed by atoms with van der Waals surface area (Å²) in [6.45, 7) is 2.07. The van der Waals surface area contributed by atoms with Gasteiger partial charge >= 0.3 is 5.97 Å². The molecular weight excluding hydrogens is 332 g/mol. The lowest BCUT2D eigenvalue weighted by molar-refractivity contribution is -0.130. The number of halogens is 1. The summed E-state index contributed by atoms with van der Waals surface area (Å²) in [4.78, 5) is 12.2. The third-order valence-corrected chi connectivity index (χ3v) is 4.57. The van der Waals surface area contributed by atoms with Crippen molar-refractivity contribution in [3.8, 4) is 0 Å². The Kier molecular flexibility index (Phi) is 3.90. The molecule has 0 fully saturated rings. The van der Waals surface area contributed by atoms with Gasteiger partial charge in [0.2, 0.25) is 0 Å². The second-order valence-corrected chi connectivity index (χ2v) is 6.49. The molecule has 0 saturated heterocycles. The molecule has 0 saturated carbocycles. The second-order valence-electron chi connectivity index (χ2n) is 6.08. The van der Waals surface area contributed by atoms with Crippen molar-refractivity contribution in [1.29, 1.82) is 0 Å². The number of fused-ring (bicyclic) bond motifs is 1. The van der Waals surface area contributed by atoms with E-state index in [1.807, 2.05) is 36.4 Å². The Morgan fingerprint density at radius 1 is 0.960 bits per heavy atom. The summed E-state index contributed by atoms with van der Waals surface area (Å²) < 4.78 is 5.46. The number of hydrogen-bond acceptors (Lipinski definition) is 2. The molecule has 0 atom stereocenters. The molecule has 0 unspecified atom stereocenters. The minimum atomic E-state index is -0.362. The van der Waals surface area contributed by atoms with Crippen LogP contribution < -0.4 is 0 Å². The van der Waals surface area contributed by atoms with Crippen LogP contribution in [0.15, 0.2) is 72.3 Å². The smallest absolute Gasteiger partial charge is 0.343 e. The largest absolute Gasteiger partial charge is 0.422 e. The molecular formula is C22H15ClO2. The number of ether oxygens (including phenoxy) is 1. The van der Waals surface area contributed by atoms with Crippen molar-refractivity contribution in [1.82, 2.24) is 0 Å². The maximum Gasteiger partial charge on any atom is 0.343 e. The lowest BCUT2D eigenvalue weighted by Gasteiger charge is -2.05. The Bertz CT molecular complexity index is 1060. The Balaban J connectivity index is 1.73. The van der Waals surface area contributed by atoms with E-state index in [0.29, 0.717) is 16.4 Å². The van der Waals surface area contributed by atoms with Gasteiger partial charge in [-0.2, -0.15) is 0 Å². The normalized spacial score (nSPS) is 15.5. The van der Waals surface area contributed by atoms with Crippen LogP contribution in [0.2, 0.25) is 5.02 Å². The lowest BCUT2D eigenvalue weighted by atomic mass is 10.0. The first-order valence-electron chi connectivity index (χ1n) is 8.01. The first kappa shape index (κ1) is 15.7. The molecule has 1 heterocycles. The van der Waals surface area contributed by atoms with Gasteiger partial charge in [0.15, 0.2) is 0 Å². The highest BCUT2D eigenvalue weighted by atomic mass is 35.5. The zero-order chi connectivity index (χ0) is 17.4. The number of cyclic esters (lactones) is 1. The zero-order valence-corrected chi connectivity index (χ0v) is 14.4. The molecule has 3 heteroatoms. The van der Waals surface area contributed by atoms with Crippen molar-refractivity contribution in [2.45, 2.75) is 6.92 Å². The Labute approximate surface area is 151 Å². The molecule has 1 aliphatic rings. The molecule has 122 valence electrons. The fourth-order valence-corrected chi connectivity index (χ4v) is 3.10. The van der Waals surface area contributed by atoms with E-state index in [9.17, 15) is 4.79 Å². The highest BCUT2D eigenvalue weighted by molar-refractivity contribution is 6.32. The molecule has 0 aromatic heterocycles. The fourth-order valence-electron chi connectivity index (χ4n) is 2.91. The van der Waals surface area contributed by atoms with Gasteiger partial charge in [0.05, 0.1) is 5.57 Å². The summed E-state index contributed by atoms with van der Waals surface area (Å²) in [5, 5.41) is 2.88. The van der Waals surface area contributed by atoms with Gasteiger partial charge in [-0.05, 0) is 47.5 Å². The molecule has 0 bridgehead atoms. The van der Waals surface area contributed by atoms with Gasteiger partial charge in [0.25, 0.3) is 0 Å². The second kappa shape index (κ2) is 6.23. The highest BCUT2D eigenvalue weighted by Crippen LogP contribution is 2.30. The summed E-state index contributed by atoms with van der Waals surface area (Å²) in [6, 6.07) is 19.7. The van der Waals surface area contributed by atoms with E-state index < -0.39 is 0 Å². The maximum atomic E-state index is 12.2. The van der Waals surface area contributed by atoms with E-state index in [-0.39, 0.29) is 5.97 Å². The number of rotatable bonds is 2. The summed E-state index contributed by atoms with van der Waals surface area (Å²) in [6.07, 6.45) is 3.52. The van der Waals surface area contributed by atoms with E-state index in [2.05, 4.69) is 25.1 Å². The summed E-state index contributed by atoms with van der Waals surface area (Å²) >= 11 is 6.16. The van der Waals surface area contributed by atoms with E-state index in [1.165, 1.54) is 10.9 Å². The van der Waals surface area contributed by atoms with Crippen LogP contribution in [0.1, 0.15) is 16.7 Å². The molecule has 0 radical (unpaired) electrons. The van der Waals surface area contributed by atoms with Crippen molar-refractivity contribution in [2.75, 3.05) is 0 Å². The number of benzene rings is 3. The quantitative estimate of drug-likeness (QED) is 0.434. The van der Waals surface area contributed by atoms with Crippen LogP contribution in [0.4, 0.5) is 0 Å². The van der Waals surface area contributed by atoms with Gasteiger partial charge in [0, 0.05) is 10.6 Å². The van der Waals surface area contributed by atoms with Gasteiger partial charge in [0.1, 0.15) is 5.76 Å². The van der Waals surface area contributed by atoms with Crippen LogP contribution in [0.3, 0.4) is 0 Å². The number of hydrogen-bond donors (Lipinski definition) is 0. The molecule has 0 amide bonds. The third kappa shape index (κ3) is 3.09. The predicted molar refractivity (Wildman–Crippen MR) is 102 cm³/mol. The Morgan fingerprint density at radius 3 is 2.56 bits per heavy atom. The summed E-state index contributed by atoms with van der Waals surface area (Å²) in [7, 11) is 0. The highest BCUT2D eigenvalue weighted by Gasteiger charge is 2.22. The van der Waals surface area contributed by atoms with Crippen molar-refractivity contribution in [2.24, 2.45) is 0 Å². The van der Waals surface area contributed by atoms with Gasteiger partial charge in [-0.1, -0.05) is 65.7 Å². The average molecular weight is 347 g/mol. The number of esters is 1. The molecule has 25 heavy (non-hydrogen) atoms. The van der Waals surface area contributed by atoms with Crippen LogP contribution in [0, 0.1) is 6.92 Å². The minimum Gasteiger partial charge on any atom is -0.422 e. The molecule has 0 aliphatic carbocycles. The standard InChI is InChI=1S/C22H15ClO2/c1-14-6-7-16-11-18(9-8-15(16)10-14)21-13-19(22(24)25-21)12-17-4-2-3-5-20(17)23/h2-13H,1H3/b19-12+. The first-order chi connectivity index (χ1) is 12.1. The van der Waals surface area contributed by atoms with Crippen LogP contribution in [0.25, 0.3) is 22.6 Å². The Morgan fingerprint density at radius 2 is 1.72 bits per heavy atom. The predicted octanol–water partition coefficient (Wildman–Crippen LogP) is 5.78. The van der Waals surface area contributed by atoms with Gasteiger partial charge in [-0.3, -0.25) is 0 Å². The van der Waals surface area contributed by atoms with Crippen LogP contribution in [-0.2, 0) is 9.53 Å². The van der Waals surface area contributed by atoms with Crippen LogP contribution in [-0.4, -0.2) is 5.97 Å². The van der Waals surface area contributed by atoms with E-state index in [1.54, 1.807) is 18.2 Å². The summed E-state index contributed by atoms with van der Waals surface area (Å²) in [5.74, 6) is 0.199. The average Bonchev–Trinajstić information content (AvgIpc) is 2.97. The van der Waals surface area contributed by atoms with Crippen LogP contribution in [0.5, 0.6) is 0 Å². The van der Waals surface area contributed by atoms with Gasteiger partial charge in [-0.25, -0.2) is 4.79 Å². The number of carbonyl (C=O) groups excluding carboxylic acids is 1. The molecule has 2 nitrogen and oxygen atoms in total. The third-order valence-electron chi connectivity index (χ3n) is 4.22. The molecule has 3 aromatic carbocycles. The number of carbonyl (C=O) groups is 1. The van der Waals surface area contributed by atoms with E-state index in [4.69, 9.17) is 16.3 Å². The topological polar surface area (TPSA) is 26.3 Å². The Hall–Kier alpha value is -2.84. The van der Waals surface area contributed by atoms with Crippen molar-refractivity contribution in [3.63, 3.8) is 0 Å². The fraction of sp³-hybridized carbons (Fsp3) is 0.0455. The molecule has 3 aromatic rings. The van der Waals surface area contributed by atoms with Crippen LogP contribution >= 0.6 is 11.6 Å². The zero-order valence-electron chi connectivity index (χ0n) is 13.6. The SMILES string of the molecule is Cc1ccc2cc(C3=C/C(=C\c4ccccc4Cl)C(=O)O3)ccc2c1.